The number of rotatable bonds is 5. The minimum atomic E-state index is -4.38. The van der Waals surface area contributed by atoms with Crippen molar-refractivity contribution in [2.24, 2.45) is 0 Å². The van der Waals surface area contributed by atoms with Gasteiger partial charge >= 0.3 is 6.18 Å². The Labute approximate surface area is 115 Å². The highest BCUT2D eigenvalue weighted by atomic mass is 19.4. The number of hydrogen-bond donors (Lipinski definition) is 2. The molecule has 0 aliphatic carbocycles. The summed E-state index contributed by atoms with van der Waals surface area (Å²) in [5.41, 5.74) is -0.712. The van der Waals surface area contributed by atoms with Crippen LogP contribution in [0.4, 0.5) is 24.8 Å². The van der Waals surface area contributed by atoms with Crippen LogP contribution in [0, 0.1) is 0 Å². The molecule has 7 heteroatoms. The van der Waals surface area contributed by atoms with Crippen LogP contribution in [0.1, 0.15) is 24.8 Å². The monoisotopic (exact) mass is 289 g/mol. The van der Waals surface area contributed by atoms with E-state index in [9.17, 15) is 13.2 Å². The molecule has 0 radical (unpaired) electrons. The molecule has 1 fully saturated rings. The Morgan fingerprint density at radius 1 is 1.35 bits per heavy atom. The molecule has 1 atom stereocenters. The Hall–Kier alpha value is -1.50. The molecule has 1 aliphatic rings. The zero-order chi connectivity index (χ0) is 14.6. The average Bonchev–Trinajstić information content (AvgIpc) is 2.90. The summed E-state index contributed by atoms with van der Waals surface area (Å²) < 4.78 is 43.7. The predicted molar refractivity (Wildman–Crippen MR) is 70.9 cm³/mol. The van der Waals surface area contributed by atoms with Gasteiger partial charge in [-0.15, -0.1) is 0 Å². The fraction of sp³-hybridized carbons (Fsp3) is 0.615. The zero-order valence-electron chi connectivity index (χ0n) is 11.3. The minimum Gasteiger partial charge on any atom is -0.378 e. The maximum Gasteiger partial charge on any atom is 0.416 e. The summed E-state index contributed by atoms with van der Waals surface area (Å²) in [5, 5.41) is 5.56. The second kappa shape index (κ2) is 6.30. The molecule has 4 nitrogen and oxygen atoms in total. The normalized spacial score (nSPS) is 19.1. The predicted octanol–water partition coefficient (Wildman–Crippen LogP) is 3.12. The van der Waals surface area contributed by atoms with E-state index in [1.165, 1.54) is 0 Å². The molecule has 1 unspecified atom stereocenters. The number of halogens is 3. The largest absolute Gasteiger partial charge is 0.416 e. The van der Waals surface area contributed by atoms with Crippen molar-refractivity contribution in [2.75, 3.05) is 30.8 Å². The number of nitrogens with zero attached hydrogens (tertiary/aromatic N) is 1. The highest BCUT2D eigenvalue weighted by Gasteiger charge is 2.31. The van der Waals surface area contributed by atoms with Crippen LogP contribution in [0.25, 0.3) is 0 Å². The van der Waals surface area contributed by atoms with E-state index < -0.39 is 11.7 Å². The summed E-state index contributed by atoms with van der Waals surface area (Å²) in [6.07, 6.45) is -1.33. The summed E-state index contributed by atoms with van der Waals surface area (Å²) in [5.74, 6) is 0.418. The summed E-state index contributed by atoms with van der Waals surface area (Å²) in [4.78, 5) is 4.07. The Morgan fingerprint density at radius 3 is 2.70 bits per heavy atom. The summed E-state index contributed by atoms with van der Waals surface area (Å²) in [7, 11) is 1.54. The van der Waals surface area contributed by atoms with Crippen LogP contribution >= 0.6 is 0 Å². The standard InChI is InChI=1S/C13H18F3N3O/c1-17-11-7-9(13(14,15)16)8-12(19-11)18-5-4-10-3-2-6-20-10/h7-8,10H,2-6H2,1H3,(H2,17,18,19). The van der Waals surface area contributed by atoms with E-state index in [0.29, 0.717) is 6.54 Å². The highest BCUT2D eigenvalue weighted by molar-refractivity contribution is 5.49. The van der Waals surface area contributed by atoms with Gasteiger partial charge in [0.25, 0.3) is 0 Å². The number of alkyl halides is 3. The molecule has 1 saturated heterocycles. The first-order valence-electron chi connectivity index (χ1n) is 6.61. The van der Waals surface area contributed by atoms with Crippen LogP contribution in [0.3, 0.4) is 0 Å². The van der Waals surface area contributed by atoms with Gasteiger partial charge in [0.05, 0.1) is 11.7 Å². The Balaban J connectivity index is 1.98. The molecule has 0 bridgehead atoms. The summed E-state index contributed by atoms with van der Waals surface area (Å²) in [6.45, 7) is 1.32. The van der Waals surface area contributed by atoms with Crippen molar-refractivity contribution in [3.05, 3.63) is 17.7 Å². The first-order chi connectivity index (χ1) is 9.49. The number of pyridine rings is 1. The van der Waals surface area contributed by atoms with Gasteiger partial charge in [-0.25, -0.2) is 4.98 Å². The molecule has 0 spiro atoms. The number of ether oxygens (including phenoxy) is 1. The third-order valence-corrected chi connectivity index (χ3v) is 3.21. The van der Waals surface area contributed by atoms with Crippen LogP contribution < -0.4 is 10.6 Å². The van der Waals surface area contributed by atoms with Crippen molar-refractivity contribution < 1.29 is 17.9 Å². The van der Waals surface area contributed by atoms with Crippen molar-refractivity contribution in [2.45, 2.75) is 31.5 Å². The van der Waals surface area contributed by atoms with E-state index in [2.05, 4.69) is 15.6 Å². The van der Waals surface area contributed by atoms with Crippen LogP contribution in [0.15, 0.2) is 12.1 Å². The lowest BCUT2D eigenvalue weighted by Gasteiger charge is -2.14. The molecular weight excluding hydrogens is 271 g/mol. The quantitative estimate of drug-likeness (QED) is 0.874. The zero-order valence-corrected chi connectivity index (χ0v) is 11.3. The molecule has 0 saturated carbocycles. The minimum absolute atomic E-state index is 0.194. The molecule has 0 amide bonds. The topological polar surface area (TPSA) is 46.2 Å². The van der Waals surface area contributed by atoms with Crippen LogP contribution in [-0.2, 0) is 10.9 Å². The molecular formula is C13H18F3N3O. The maximum absolute atomic E-state index is 12.7. The average molecular weight is 289 g/mol. The van der Waals surface area contributed by atoms with Crippen LogP contribution in [0.2, 0.25) is 0 Å². The van der Waals surface area contributed by atoms with Gasteiger partial charge in [-0.1, -0.05) is 0 Å². The molecule has 1 aliphatic heterocycles. The molecule has 20 heavy (non-hydrogen) atoms. The van der Waals surface area contributed by atoms with E-state index in [1.54, 1.807) is 7.05 Å². The van der Waals surface area contributed by atoms with E-state index in [4.69, 9.17) is 4.74 Å². The molecule has 2 heterocycles. The highest BCUT2D eigenvalue weighted by Crippen LogP contribution is 2.32. The van der Waals surface area contributed by atoms with Gasteiger partial charge in [0.1, 0.15) is 11.6 Å². The van der Waals surface area contributed by atoms with Crippen LogP contribution in [0.5, 0.6) is 0 Å². The smallest absolute Gasteiger partial charge is 0.378 e. The SMILES string of the molecule is CNc1cc(C(F)(F)F)cc(NCCC2CCCO2)n1. The van der Waals surface area contributed by atoms with E-state index in [-0.39, 0.29) is 17.7 Å². The fourth-order valence-electron chi connectivity index (χ4n) is 2.15. The second-order valence-electron chi connectivity index (χ2n) is 4.72. The number of aromatic nitrogens is 1. The van der Waals surface area contributed by atoms with E-state index >= 15 is 0 Å². The van der Waals surface area contributed by atoms with Gasteiger partial charge < -0.3 is 15.4 Å². The molecule has 2 N–H and O–H groups in total. The lowest BCUT2D eigenvalue weighted by atomic mass is 10.2. The number of anilines is 2. The second-order valence-corrected chi connectivity index (χ2v) is 4.72. The Morgan fingerprint density at radius 2 is 2.10 bits per heavy atom. The van der Waals surface area contributed by atoms with Crippen molar-refractivity contribution >= 4 is 11.6 Å². The third-order valence-electron chi connectivity index (χ3n) is 3.21. The lowest BCUT2D eigenvalue weighted by molar-refractivity contribution is -0.137. The van der Waals surface area contributed by atoms with E-state index in [0.717, 1.165) is 38.0 Å². The summed E-state index contributed by atoms with van der Waals surface area (Å²) >= 11 is 0. The van der Waals surface area contributed by atoms with E-state index in [1.807, 2.05) is 0 Å². The number of nitrogens with one attached hydrogen (secondary N) is 2. The Kier molecular flexibility index (Phi) is 4.69. The van der Waals surface area contributed by atoms with Crippen molar-refractivity contribution in [3.63, 3.8) is 0 Å². The van der Waals surface area contributed by atoms with Crippen molar-refractivity contribution in [3.8, 4) is 0 Å². The fourth-order valence-corrected chi connectivity index (χ4v) is 2.15. The first-order valence-corrected chi connectivity index (χ1v) is 6.61. The lowest BCUT2D eigenvalue weighted by Crippen LogP contribution is -2.14. The Bertz CT molecular complexity index is 445. The van der Waals surface area contributed by atoms with Crippen molar-refractivity contribution in [1.29, 1.82) is 0 Å². The maximum atomic E-state index is 12.7. The molecule has 1 aromatic heterocycles. The van der Waals surface area contributed by atoms with Gasteiger partial charge in [0.15, 0.2) is 0 Å². The van der Waals surface area contributed by atoms with Crippen LogP contribution in [-0.4, -0.2) is 31.3 Å². The van der Waals surface area contributed by atoms with Gasteiger partial charge in [-0.2, -0.15) is 13.2 Å². The number of hydrogen-bond acceptors (Lipinski definition) is 4. The molecule has 112 valence electrons. The first kappa shape index (κ1) is 14.9. The molecule has 1 aromatic rings. The molecule has 2 rings (SSSR count). The van der Waals surface area contributed by atoms with Gasteiger partial charge in [0, 0.05) is 20.2 Å². The molecule has 0 aromatic carbocycles. The summed E-state index contributed by atoms with van der Waals surface area (Å²) in [6, 6.07) is 2.02. The third kappa shape index (κ3) is 4.00. The van der Waals surface area contributed by atoms with Gasteiger partial charge in [-0.3, -0.25) is 0 Å². The van der Waals surface area contributed by atoms with Gasteiger partial charge in [-0.05, 0) is 31.4 Å². The van der Waals surface area contributed by atoms with Gasteiger partial charge in [0.2, 0.25) is 0 Å². The van der Waals surface area contributed by atoms with Crippen molar-refractivity contribution in [1.82, 2.24) is 4.98 Å².